The van der Waals surface area contributed by atoms with Crippen LogP contribution in [-0.2, 0) is 16.1 Å². The lowest BCUT2D eigenvalue weighted by atomic mass is 9.96. The lowest BCUT2D eigenvalue weighted by Crippen LogP contribution is -2.26. The number of para-hydroxylation sites is 1. The van der Waals surface area contributed by atoms with Crippen molar-refractivity contribution in [2.45, 2.75) is 39.9 Å². The number of nitro benzene ring substituents is 1. The standard InChI is InChI=1S/C14H19NO4/c1-4-13(10(2)16)11(3)19-9-12-7-5-6-8-14(12)15(17)18/h5-8,11,13H,4,9H2,1-3H3. The fourth-order valence-electron chi connectivity index (χ4n) is 2.10. The largest absolute Gasteiger partial charge is 0.373 e. The zero-order valence-electron chi connectivity index (χ0n) is 11.5. The molecule has 5 heteroatoms. The molecule has 0 saturated carbocycles. The summed E-state index contributed by atoms with van der Waals surface area (Å²) in [6, 6.07) is 6.47. The summed E-state index contributed by atoms with van der Waals surface area (Å²) in [6.45, 7) is 5.43. The van der Waals surface area contributed by atoms with Gasteiger partial charge in [-0.2, -0.15) is 0 Å². The van der Waals surface area contributed by atoms with E-state index in [4.69, 9.17) is 4.74 Å². The Bertz CT molecular complexity index is 459. The second-order valence-electron chi connectivity index (χ2n) is 4.53. The van der Waals surface area contributed by atoms with Crippen LogP contribution < -0.4 is 0 Å². The Morgan fingerprint density at radius 1 is 1.42 bits per heavy atom. The summed E-state index contributed by atoms with van der Waals surface area (Å²) in [5.41, 5.74) is 0.573. The van der Waals surface area contributed by atoms with Crippen LogP contribution in [0.2, 0.25) is 0 Å². The molecule has 19 heavy (non-hydrogen) atoms. The van der Waals surface area contributed by atoms with Crippen molar-refractivity contribution < 1.29 is 14.5 Å². The number of nitro groups is 1. The zero-order chi connectivity index (χ0) is 14.4. The average molecular weight is 265 g/mol. The van der Waals surface area contributed by atoms with E-state index in [1.54, 1.807) is 25.1 Å². The number of hydrogen-bond donors (Lipinski definition) is 0. The average Bonchev–Trinajstić information content (AvgIpc) is 2.37. The molecule has 0 bridgehead atoms. The van der Waals surface area contributed by atoms with E-state index < -0.39 is 4.92 Å². The monoisotopic (exact) mass is 265 g/mol. The summed E-state index contributed by atoms with van der Waals surface area (Å²) in [5, 5.41) is 10.9. The number of nitrogens with zero attached hydrogens (tertiary/aromatic N) is 1. The van der Waals surface area contributed by atoms with Crippen LogP contribution in [-0.4, -0.2) is 16.8 Å². The fourth-order valence-corrected chi connectivity index (χ4v) is 2.10. The van der Waals surface area contributed by atoms with E-state index in [1.807, 2.05) is 13.8 Å². The molecule has 0 saturated heterocycles. The molecule has 0 aromatic heterocycles. The highest BCUT2D eigenvalue weighted by molar-refractivity contribution is 5.78. The highest BCUT2D eigenvalue weighted by Gasteiger charge is 2.21. The van der Waals surface area contributed by atoms with Gasteiger partial charge in [0.1, 0.15) is 5.78 Å². The molecule has 1 rings (SSSR count). The number of Topliss-reactive ketones (excluding diaryl/α,β-unsaturated/α-hetero) is 1. The van der Waals surface area contributed by atoms with Crippen LogP contribution in [0, 0.1) is 16.0 Å². The van der Waals surface area contributed by atoms with Gasteiger partial charge < -0.3 is 4.74 Å². The van der Waals surface area contributed by atoms with Crippen molar-refractivity contribution in [1.82, 2.24) is 0 Å². The van der Waals surface area contributed by atoms with Crippen molar-refractivity contribution in [1.29, 1.82) is 0 Å². The lowest BCUT2D eigenvalue weighted by molar-refractivity contribution is -0.386. The van der Waals surface area contributed by atoms with E-state index in [2.05, 4.69) is 0 Å². The first-order chi connectivity index (χ1) is 8.97. The molecule has 0 N–H and O–H groups in total. The van der Waals surface area contributed by atoms with E-state index >= 15 is 0 Å². The van der Waals surface area contributed by atoms with Crippen LogP contribution in [0.4, 0.5) is 5.69 Å². The van der Waals surface area contributed by atoms with Gasteiger partial charge in [-0.3, -0.25) is 14.9 Å². The smallest absolute Gasteiger partial charge is 0.274 e. The third-order valence-corrected chi connectivity index (χ3v) is 3.22. The summed E-state index contributed by atoms with van der Waals surface area (Å²) in [5.74, 6) is -0.0830. The summed E-state index contributed by atoms with van der Waals surface area (Å²) in [4.78, 5) is 21.9. The van der Waals surface area contributed by atoms with Gasteiger partial charge in [-0.05, 0) is 26.3 Å². The number of benzene rings is 1. The first-order valence-electron chi connectivity index (χ1n) is 6.31. The minimum absolute atomic E-state index is 0.0468. The Morgan fingerprint density at radius 2 is 2.05 bits per heavy atom. The number of carbonyl (C=O) groups is 1. The molecule has 0 fully saturated rings. The number of carbonyl (C=O) groups excluding carboxylic acids is 1. The quantitative estimate of drug-likeness (QED) is 0.561. The summed E-state index contributed by atoms with van der Waals surface area (Å²) in [7, 11) is 0. The topological polar surface area (TPSA) is 69.4 Å². The summed E-state index contributed by atoms with van der Waals surface area (Å²) >= 11 is 0. The minimum atomic E-state index is -0.425. The number of hydrogen-bond acceptors (Lipinski definition) is 4. The van der Waals surface area contributed by atoms with Crippen molar-refractivity contribution in [3.63, 3.8) is 0 Å². The Kier molecular flexibility index (Phi) is 5.63. The van der Waals surface area contributed by atoms with Gasteiger partial charge in [0.15, 0.2) is 0 Å². The first kappa shape index (κ1) is 15.3. The highest BCUT2D eigenvalue weighted by atomic mass is 16.6. The maximum Gasteiger partial charge on any atom is 0.274 e. The van der Waals surface area contributed by atoms with Crippen LogP contribution >= 0.6 is 0 Å². The maximum atomic E-state index is 11.4. The number of rotatable bonds is 7. The molecule has 0 aliphatic rings. The third-order valence-electron chi connectivity index (χ3n) is 3.22. The Labute approximate surface area is 112 Å². The van der Waals surface area contributed by atoms with Gasteiger partial charge in [0.25, 0.3) is 5.69 Å². The molecule has 5 nitrogen and oxygen atoms in total. The second-order valence-corrected chi connectivity index (χ2v) is 4.53. The van der Waals surface area contributed by atoms with Crippen LogP contribution in [0.5, 0.6) is 0 Å². The summed E-state index contributed by atoms with van der Waals surface area (Å²) < 4.78 is 5.61. The predicted molar refractivity (Wildman–Crippen MR) is 71.8 cm³/mol. The van der Waals surface area contributed by atoms with Gasteiger partial charge in [0.05, 0.1) is 23.2 Å². The van der Waals surface area contributed by atoms with Crippen molar-refractivity contribution in [3.05, 3.63) is 39.9 Å². The summed E-state index contributed by atoms with van der Waals surface area (Å²) in [6.07, 6.45) is 0.454. The van der Waals surface area contributed by atoms with Gasteiger partial charge >= 0.3 is 0 Å². The molecule has 0 heterocycles. The predicted octanol–water partition coefficient (Wildman–Crippen LogP) is 3.12. The molecule has 0 aliphatic carbocycles. The maximum absolute atomic E-state index is 11.4. The lowest BCUT2D eigenvalue weighted by Gasteiger charge is -2.20. The normalized spacial score (nSPS) is 13.8. The molecule has 0 amide bonds. The van der Waals surface area contributed by atoms with Crippen molar-refractivity contribution in [2.24, 2.45) is 5.92 Å². The Hall–Kier alpha value is -1.75. The van der Waals surface area contributed by atoms with Crippen molar-refractivity contribution in [3.8, 4) is 0 Å². The van der Waals surface area contributed by atoms with Gasteiger partial charge in [-0.25, -0.2) is 0 Å². The fraction of sp³-hybridized carbons (Fsp3) is 0.500. The van der Waals surface area contributed by atoms with E-state index in [0.29, 0.717) is 12.0 Å². The first-order valence-corrected chi connectivity index (χ1v) is 6.31. The van der Waals surface area contributed by atoms with Crippen LogP contribution in [0.1, 0.15) is 32.8 Å². The molecule has 2 unspecified atom stereocenters. The molecule has 0 radical (unpaired) electrons. The van der Waals surface area contributed by atoms with E-state index in [1.165, 1.54) is 6.07 Å². The Balaban J connectivity index is 2.71. The van der Waals surface area contributed by atoms with Gasteiger partial charge in [0.2, 0.25) is 0 Å². The van der Waals surface area contributed by atoms with E-state index in [-0.39, 0.29) is 30.1 Å². The third kappa shape index (κ3) is 4.13. The number of ether oxygens (including phenoxy) is 1. The van der Waals surface area contributed by atoms with Gasteiger partial charge in [0, 0.05) is 12.0 Å². The Morgan fingerprint density at radius 3 is 2.58 bits per heavy atom. The molecule has 0 aliphatic heterocycles. The molecule has 1 aromatic carbocycles. The van der Waals surface area contributed by atoms with Crippen molar-refractivity contribution in [2.75, 3.05) is 0 Å². The molecule has 2 atom stereocenters. The van der Waals surface area contributed by atoms with E-state index in [0.717, 1.165) is 0 Å². The SMILES string of the molecule is CCC(C(C)=O)C(C)OCc1ccccc1[N+](=O)[O-]. The second kappa shape index (κ2) is 6.99. The molecule has 104 valence electrons. The van der Waals surface area contributed by atoms with Crippen LogP contribution in [0.3, 0.4) is 0 Å². The zero-order valence-corrected chi connectivity index (χ0v) is 11.5. The van der Waals surface area contributed by atoms with E-state index in [9.17, 15) is 14.9 Å². The molecular formula is C14H19NO4. The minimum Gasteiger partial charge on any atom is -0.373 e. The number of ketones is 1. The van der Waals surface area contributed by atoms with Crippen LogP contribution in [0.15, 0.2) is 24.3 Å². The molecule has 0 spiro atoms. The molecular weight excluding hydrogens is 246 g/mol. The molecule has 1 aromatic rings. The van der Waals surface area contributed by atoms with Gasteiger partial charge in [-0.1, -0.05) is 19.1 Å². The van der Waals surface area contributed by atoms with Gasteiger partial charge in [-0.15, -0.1) is 0 Å². The van der Waals surface area contributed by atoms with Crippen LogP contribution in [0.25, 0.3) is 0 Å². The van der Waals surface area contributed by atoms with Crippen molar-refractivity contribution >= 4 is 11.5 Å². The highest BCUT2D eigenvalue weighted by Crippen LogP contribution is 2.21.